The number of aromatic nitrogens is 3. The molecule has 2 aromatic rings. The molecule has 3 aliphatic rings. The highest BCUT2D eigenvalue weighted by molar-refractivity contribution is 9.09. The van der Waals surface area contributed by atoms with E-state index in [2.05, 4.69) is 31.6 Å². The number of carbonyl (C=O) groups excluding carboxylic acids is 3. The second kappa shape index (κ2) is 9.95. The van der Waals surface area contributed by atoms with Crippen molar-refractivity contribution in [1.82, 2.24) is 25.2 Å². The van der Waals surface area contributed by atoms with Gasteiger partial charge in [0.1, 0.15) is 23.8 Å². The zero-order chi connectivity index (χ0) is 26.5. The summed E-state index contributed by atoms with van der Waals surface area (Å²) in [5, 5.41) is 21.5. The molecule has 5 rings (SSSR count). The highest BCUT2D eigenvalue weighted by Gasteiger charge is 2.77. The number of alkyl halides is 1. The predicted octanol–water partition coefficient (Wildman–Crippen LogP) is 1.22. The molecule has 2 N–H and O–H groups in total. The fourth-order valence-corrected chi connectivity index (χ4v) is 7.27. The second-order valence-electron chi connectivity index (χ2n) is 10.1. The number of fused-ring (bicyclic) bond motifs is 2. The smallest absolute Gasteiger partial charge is 0.312 e. The van der Waals surface area contributed by atoms with Crippen molar-refractivity contribution in [2.24, 2.45) is 17.8 Å². The van der Waals surface area contributed by atoms with Crippen molar-refractivity contribution in [1.29, 1.82) is 0 Å². The van der Waals surface area contributed by atoms with Crippen LogP contribution in [0.5, 0.6) is 0 Å². The highest BCUT2D eigenvalue weighted by atomic mass is 79.9. The highest BCUT2D eigenvalue weighted by Crippen LogP contribution is 2.60. The number of rotatable bonds is 9. The summed E-state index contributed by atoms with van der Waals surface area (Å²) in [5.41, 5.74) is 0.234. The minimum atomic E-state index is -1.22. The average molecular weight is 578 g/mol. The third-order valence-electron chi connectivity index (χ3n) is 8.20. The number of esters is 1. The number of aliphatic hydroxyl groups excluding tert-OH is 1. The first-order chi connectivity index (χ1) is 17.8. The fourth-order valence-electron chi connectivity index (χ4n) is 6.33. The Hall–Kier alpha value is -2.57. The van der Waals surface area contributed by atoms with Gasteiger partial charge in [-0.2, -0.15) is 0 Å². The monoisotopic (exact) mass is 577 g/mol. The molecule has 3 saturated heterocycles. The quantitative estimate of drug-likeness (QED) is 0.335. The van der Waals surface area contributed by atoms with Gasteiger partial charge in [0.2, 0.25) is 11.8 Å². The van der Waals surface area contributed by atoms with Gasteiger partial charge < -0.3 is 24.8 Å². The van der Waals surface area contributed by atoms with Gasteiger partial charge in [0.15, 0.2) is 0 Å². The van der Waals surface area contributed by atoms with E-state index >= 15 is 0 Å². The number of hydrogen-bond donors (Lipinski definition) is 2. The van der Waals surface area contributed by atoms with E-state index in [-0.39, 0.29) is 36.5 Å². The number of nitrogens with zero attached hydrogens (tertiary/aromatic N) is 4. The molecule has 0 radical (unpaired) electrons. The van der Waals surface area contributed by atoms with E-state index in [0.717, 1.165) is 5.52 Å². The summed E-state index contributed by atoms with van der Waals surface area (Å²) < 4.78 is 13.3. The predicted molar refractivity (Wildman–Crippen MR) is 135 cm³/mol. The number of amides is 2. The maximum atomic E-state index is 14.0. The van der Waals surface area contributed by atoms with Crippen molar-refractivity contribution in [2.75, 3.05) is 13.2 Å². The summed E-state index contributed by atoms with van der Waals surface area (Å²) in [6.45, 7) is 5.51. The van der Waals surface area contributed by atoms with Crippen LogP contribution in [0.4, 0.5) is 0 Å². The van der Waals surface area contributed by atoms with Crippen LogP contribution >= 0.6 is 15.9 Å². The van der Waals surface area contributed by atoms with Gasteiger partial charge in [-0.1, -0.05) is 53.5 Å². The van der Waals surface area contributed by atoms with E-state index in [9.17, 15) is 19.5 Å². The average Bonchev–Trinajstić information content (AvgIpc) is 3.60. The van der Waals surface area contributed by atoms with Crippen LogP contribution in [0.1, 0.15) is 33.6 Å². The lowest BCUT2D eigenvalue weighted by Crippen LogP contribution is -2.59. The van der Waals surface area contributed by atoms with Crippen LogP contribution in [-0.2, 0) is 30.5 Å². The fraction of sp³-hybridized carbons (Fsp3) is 0.640. The summed E-state index contributed by atoms with van der Waals surface area (Å²) in [7, 11) is 0. The number of carbonyl (C=O) groups is 3. The molecule has 1 aromatic carbocycles. The van der Waals surface area contributed by atoms with Crippen LogP contribution in [0.15, 0.2) is 24.3 Å². The molecule has 3 aliphatic heterocycles. The molecule has 1 spiro atoms. The topological polar surface area (TPSA) is 136 Å². The van der Waals surface area contributed by atoms with Gasteiger partial charge in [-0.3, -0.25) is 14.4 Å². The summed E-state index contributed by atoms with van der Waals surface area (Å²) in [5.74, 6) is -3.08. The molecule has 37 heavy (non-hydrogen) atoms. The molecule has 3 unspecified atom stereocenters. The van der Waals surface area contributed by atoms with Crippen LogP contribution < -0.4 is 5.32 Å². The number of ether oxygens (including phenoxy) is 2. The van der Waals surface area contributed by atoms with Crippen molar-refractivity contribution in [2.45, 2.75) is 68.9 Å². The van der Waals surface area contributed by atoms with Crippen molar-refractivity contribution in [3.63, 3.8) is 0 Å². The van der Waals surface area contributed by atoms with E-state index in [4.69, 9.17) is 9.47 Å². The molecule has 4 heterocycles. The van der Waals surface area contributed by atoms with E-state index in [1.54, 1.807) is 11.6 Å². The van der Waals surface area contributed by atoms with Crippen LogP contribution in [-0.4, -0.2) is 84.6 Å². The minimum Gasteiger partial charge on any atom is -0.466 e. The van der Waals surface area contributed by atoms with Gasteiger partial charge in [0.05, 0.1) is 42.7 Å². The Balaban J connectivity index is 1.51. The first-order valence-electron chi connectivity index (χ1n) is 12.8. The number of hydrogen-bond acceptors (Lipinski definition) is 8. The maximum absolute atomic E-state index is 14.0. The van der Waals surface area contributed by atoms with Gasteiger partial charge in [0, 0.05) is 4.83 Å². The molecular formula is C25H32BrN5O6. The van der Waals surface area contributed by atoms with Gasteiger partial charge >= 0.3 is 5.97 Å². The molecule has 200 valence electrons. The van der Waals surface area contributed by atoms with Crippen LogP contribution in [0.2, 0.25) is 0 Å². The van der Waals surface area contributed by atoms with Crippen molar-refractivity contribution in [3.05, 3.63) is 24.3 Å². The summed E-state index contributed by atoms with van der Waals surface area (Å²) in [4.78, 5) is 42.3. The molecule has 11 nitrogen and oxygen atoms in total. The molecule has 0 saturated carbocycles. The number of benzene rings is 1. The van der Waals surface area contributed by atoms with Gasteiger partial charge in [-0.15, -0.1) is 5.10 Å². The summed E-state index contributed by atoms with van der Waals surface area (Å²) >= 11 is 3.63. The third-order valence-corrected chi connectivity index (χ3v) is 9.05. The first-order valence-corrected chi connectivity index (χ1v) is 13.7. The standard InChI is InChI=1S/C25H32BrN5O6/c1-4-13(3)17(11-32)31-21(22(33)27-12-30-16-9-7-6-8-15(16)28-29-30)25-10-14(26)20(37-25)18(19(25)23(31)34)24(35)36-5-2/h6-9,13-14,17-21,32H,4-5,10-12H2,1-3H3,(H,27,33)/t13-,14?,17-,18-,19-,20-,21?,25?/m0/s1. The molecule has 3 fully saturated rings. The zero-order valence-corrected chi connectivity index (χ0v) is 22.6. The van der Waals surface area contributed by atoms with Crippen molar-refractivity contribution in [3.8, 4) is 0 Å². The first kappa shape index (κ1) is 26.1. The van der Waals surface area contributed by atoms with E-state index in [1.807, 2.05) is 38.1 Å². The number of halogens is 1. The molecule has 8 atom stereocenters. The number of aliphatic hydroxyl groups is 1. The Morgan fingerprint density at radius 2 is 2.11 bits per heavy atom. The number of para-hydroxylation sites is 1. The molecule has 1 aromatic heterocycles. The van der Waals surface area contributed by atoms with Gasteiger partial charge in [0.25, 0.3) is 0 Å². The lowest BCUT2D eigenvalue weighted by Gasteiger charge is -2.38. The zero-order valence-electron chi connectivity index (χ0n) is 21.0. The normalized spacial score (nSPS) is 32.0. The number of likely N-dealkylation sites (tertiary alicyclic amines) is 1. The maximum Gasteiger partial charge on any atom is 0.312 e. The van der Waals surface area contributed by atoms with Crippen LogP contribution in [0, 0.1) is 17.8 Å². The third kappa shape index (κ3) is 3.95. The van der Waals surface area contributed by atoms with Crippen LogP contribution in [0.25, 0.3) is 11.0 Å². The van der Waals surface area contributed by atoms with Gasteiger partial charge in [-0.25, -0.2) is 4.68 Å². The molecule has 2 bridgehead atoms. The Morgan fingerprint density at radius 3 is 2.81 bits per heavy atom. The lowest BCUT2D eigenvalue weighted by atomic mass is 9.70. The Bertz CT molecular complexity index is 1210. The van der Waals surface area contributed by atoms with Crippen LogP contribution in [0.3, 0.4) is 0 Å². The summed E-state index contributed by atoms with van der Waals surface area (Å²) in [6, 6.07) is 5.76. The van der Waals surface area contributed by atoms with Gasteiger partial charge in [-0.05, 0) is 31.4 Å². The number of nitrogens with one attached hydrogen (secondary N) is 1. The Kier molecular flexibility index (Phi) is 7.01. The molecule has 2 amide bonds. The van der Waals surface area contributed by atoms with E-state index in [1.165, 1.54) is 4.90 Å². The second-order valence-corrected chi connectivity index (χ2v) is 11.2. The largest absolute Gasteiger partial charge is 0.466 e. The Morgan fingerprint density at radius 1 is 1.35 bits per heavy atom. The SMILES string of the molecule is CCOC(=O)[C@H]1[C@H]2C(=O)N([C@@H](CO)[C@@H](C)CC)C(C(=O)NCn3nnc4ccccc43)C23CC(Br)[C@@H]1O3. The molecular weight excluding hydrogens is 546 g/mol. The Labute approximate surface area is 223 Å². The lowest BCUT2D eigenvalue weighted by molar-refractivity contribution is -0.155. The summed E-state index contributed by atoms with van der Waals surface area (Å²) in [6.07, 6.45) is 0.488. The molecule has 0 aliphatic carbocycles. The van der Waals surface area contributed by atoms with Crippen molar-refractivity contribution >= 4 is 44.7 Å². The minimum absolute atomic E-state index is 0.0359. The van der Waals surface area contributed by atoms with E-state index in [0.29, 0.717) is 18.4 Å². The van der Waals surface area contributed by atoms with E-state index < -0.39 is 47.5 Å². The molecule has 12 heteroatoms. The van der Waals surface area contributed by atoms with Crippen molar-refractivity contribution < 1.29 is 29.0 Å².